The molecule has 1 aromatic heterocycles. The molecular weight excluding hydrogens is 256 g/mol. The summed E-state index contributed by atoms with van der Waals surface area (Å²) in [5, 5.41) is 8.06. The first-order valence-corrected chi connectivity index (χ1v) is 6.46. The average molecular weight is 276 g/mol. The lowest BCUT2D eigenvalue weighted by Crippen LogP contribution is -2.10. The Morgan fingerprint density at radius 2 is 2.00 bits per heavy atom. The van der Waals surface area contributed by atoms with Crippen LogP contribution in [0.3, 0.4) is 0 Å². The van der Waals surface area contributed by atoms with Gasteiger partial charge in [-0.15, -0.1) is 5.10 Å². The molecule has 0 aliphatic heterocycles. The molecule has 108 valence electrons. The molecule has 2 N–H and O–H groups in total. The Morgan fingerprint density at radius 1 is 1.25 bits per heavy atom. The smallest absolute Gasteiger partial charge is 0.169 e. The lowest BCUT2D eigenvalue weighted by atomic mass is 10.1. The van der Waals surface area contributed by atoms with Gasteiger partial charge < -0.3 is 15.2 Å². The molecule has 0 radical (unpaired) electrons. The Hall–Kier alpha value is -2.24. The number of nitrogens with zero attached hydrogens (tertiary/aromatic N) is 3. The summed E-state index contributed by atoms with van der Waals surface area (Å²) in [4.78, 5) is 0. The predicted octanol–water partition coefficient (Wildman–Crippen LogP) is 2.05. The third-order valence-electron chi connectivity index (χ3n) is 3.16. The second kappa shape index (κ2) is 5.81. The van der Waals surface area contributed by atoms with Gasteiger partial charge in [-0.1, -0.05) is 19.1 Å². The Labute approximate surface area is 118 Å². The second-order valence-corrected chi connectivity index (χ2v) is 4.85. The van der Waals surface area contributed by atoms with E-state index in [-0.39, 0.29) is 5.92 Å². The van der Waals surface area contributed by atoms with Crippen molar-refractivity contribution in [1.82, 2.24) is 15.0 Å². The highest BCUT2D eigenvalue weighted by Gasteiger charge is 2.15. The number of nitrogens with two attached hydrogens (primary N) is 1. The van der Waals surface area contributed by atoms with Gasteiger partial charge in [-0.3, -0.25) is 0 Å². The molecule has 0 saturated heterocycles. The van der Waals surface area contributed by atoms with Gasteiger partial charge in [0.15, 0.2) is 5.82 Å². The van der Waals surface area contributed by atoms with E-state index >= 15 is 0 Å². The summed E-state index contributed by atoms with van der Waals surface area (Å²) in [6, 6.07) is 5.67. The highest BCUT2D eigenvalue weighted by molar-refractivity contribution is 5.41. The van der Waals surface area contributed by atoms with Crippen molar-refractivity contribution in [2.24, 2.45) is 0 Å². The van der Waals surface area contributed by atoms with Crippen LogP contribution >= 0.6 is 0 Å². The van der Waals surface area contributed by atoms with Crippen LogP contribution in [-0.4, -0.2) is 29.2 Å². The third-order valence-corrected chi connectivity index (χ3v) is 3.16. The highest BCUT2D eigenvalue weighted by Crippen LogP contribution is 2.27. The topological polar surface area (TPSA) is 75.2 Å². The molecule has 0 fully saturated rings. The van der Waals surface area contributed by atoms with Crippen LogP contribution < -0.4 is 15.2 Å². The van der Waals surface area contributed by atoms with Gasteiger partial charge in [0.25, 0.3) is 0 Å². The molecule has 1 heterocycles. The van der Waals surface area contributed by atoms with Gasteiger partial charge in [-0.05, 0) is 24.1 Å². The van der Waals surface area contributed by atoms with E-state index < -0.39 is 0 Å². The lowest BCUT2D eigenvalue weighted by Gasteiger charge is -2.13. The third kappa shape index (κ3) is 2.68. The predicted molar refractivity (Wildman–Crippen MR) is 77.2 cm³/mol. The highest BCUT2D eigenvalue weighted by atomic mass is 16.5. The summed E-state index contributed by atoms with van der Waals surface area (Å²) >= 11 is 0. The molecule has 1 aromatic carbocycles. The van der Waals surface area contributed by atoms with Crippen molar-refractivity contribution in [3.63, 3.8) is 0 Å². The minimum atomic E-state index is 0.251. The van der Waals surface area contributed by atoms with Crippen molar-refractivity contribution in [3.8, 4) is 11.5 Å². The van der Waals surface area contributed by atoms with Crippen molar-refractivity contribution >= 4 is 5.82 Å². The quantitative estimate of drug-likeness (QED) is 0.904. The van der Waals surface area contributed by atoms with E-state index in [0.29, 0.717) is 12.4 Å². The number of ether oxygens (including phenoxy) is 2. The summed E-state index contributed by atoms with van der Waals surface area (Å²) in [7, 11) is 3.28. The zero-order valence-corrected chi connectivity index (χ0v) is 12.3. The summed E-state index contributed by atoms with van der Waals surface area (Å²) < 4.78 is 12.4. The summed E-state index contributed by atoms with van der Waals surface area (Å²) in [5.74, 6) is 2.29. The van der Waals surface area contributed by atoms with Crippen molar-refractivity contribution in [1.29, 1.82) is 0 Å². The van der Waals surface area contributed by atoms with Gasteiger partial charge in [0, 0.05) is 5.56 Å². The van der Waals surface area contributed by atoms with E-state index in [0.717, 1.165) is 22.8 Å². The molecule has 0 saturated carbocycles. The molecular formula is C14H20N4O2. The molecule has 0 amide bonds. The van der Waals surface area contributed by atoms with Crippen molar-refractivity contribution in [2.75, 3.05) is 20.0 Å². The zero-order chi connectivity index (χ0) is 14.7. The summed E-state index contributed by atoms with van der Waals surface area (Å²) in [6.07, 6.45) is 0. The van der Waals surface area contributed by atoms with Gasteiger partial charge in [-0.25, -0.2) is 4.68 Å². The largest absolute Gasteiger partial charge is 0.497 e. The number of methoxy groups -OCH3 is 2. The first-order chi connectivity index (χ1) is 9.56. The van der Waals surface area contributed by atoms with Crippen LogP contribution in [0, 0.1) is 0 Å². The van der Waals surface area contributed by atoms with Crippen LogP contribution in [0.15, 0.2) is 18.2 Å². The van der Waals surface area contributed by atoms with E-state index in [1.165, 1.54) is 0 Å². The molecule has 0 unspecified atom stereocenters. The normalized spacial score (nSPS) is 10.8. The fraction of sp³-hybridized carbons (Fsp3) is 0.429. The van der Waals surface area contributed by atoms with E-state index in [1.807, 2.05) is 18.2 Å². The Bertz CT molecular complexity index is 593. The van der Waals surface area contributed by atoms with E-state index in [9.17, 15) is 0 Å². The molecule has 2 rings (SSSR count). The van der Waals surface area contributed by atoms with Crippen molar-refractivity contribution < 1.29 is 9.47 Å². The minimum absolute atomic E-state index is 0.251. The van der Waals surface area contributed by atoms with Gasteiger partial charge in [0.05, 0.1) is 26.5 Å². The fourth-order valence-electron chi connectivity index (χ4n) is 2.21. The lowest BCUT2D eigenvalue weighted by molar-refractivity contribution is 0.396. The van der Waals surface area contributed by atoms with E-state index in [1.54, 1.807) is 18.9 Å². The molecule has 2 aromatic rings. The van der Waals surface area contributed by atoms with Gasteiger partial charge in [-0.2, -0.15) is 0 Å². The number of hydrogen-bond acceptors (Lipinski definition) is 5. The van der Waals surface area contributed by atoms with E-state index in [2.05, 4.69) is 24.2 Å². The Balaban J connectivity index is 2.39. The van der Waals surface area contributed by atoms with Crippen molar-refractivity contribution in [2.45, 2.75) is 26.3 Å². The second-order valence-electron chi connectivity index (χ2n) is 4.85. The number of anilines is 1. The first-order valence-electron chi connectivity index (χ1n) is 6.46. The molecule has 0 atom stereocenters. The van der Waals surface area contributed by atoms with Crippen LogP contribution in [0.25, 0.3) is 0 Å². The molecule has 20 heavy (non-hydrogen) atoms. The number of rotatable bonds is 5. The van der Waals surface area contributed by atoms with Gasteiger partial charge in [0.1, 0.15) is 11.5 Å². The molecule has 0 aliphatic carbocycles. The first kappa shape index (κ1) is 14.2. The average Bonchev–Trinajstić information content (AvgIpc) is 2.79. The number of benzene rings is 1. The Morgan fingerprint density at radius 3 is 2.60 bits per heavy atom. The fourth-order valence-corrected chi connectivity index (χ4v) is 2.21. The monoisotopic (exact) mass is 276 g/mol. The van der Waals surface area contributed by atoms with Crippen LogP contribution in [0.2, 0.25) is 0 Å². The molecule has 0 bridgehead atoms. The zero-order valence-electron chi connectivity index (χ0n) is 12.3. The van der Waals surface area contributed by atoms with Crippen LogP contribution in [0.5, 0.6) is 11.5 Å². The molecule has 6 nitrogen and oxygen atoms in total. The molecule has 0 aliphatic rings. The summed E-state index contributed by atoms with van der Waals surface area (Å²) in [5.41, 5.74) is 7.77. The standard InChI is InChI=1S/C14H20N4O2/c1-9(2)13-14(15)16-17-18(13)8-10-7-11(19-3)5-6-12(10)20-4/h5-7,9H,8,15H2,1-4H3. The molecule has 6 heteroatoms. The SMILES string of the molecule is COc1ccc(OC)c(Cn2nnc(N)c2C(C)C)c1. The summed E-state index contributed by atoms with van der Waals surface area (Å²) in [6.45, 7) is 4.67. The maximum absolute atomic E-state index is 5.87. The maximum atomic E-state index is 5.87. The van der Waals surface area contributed by atoms with Crippen LogP contribution in [-0.2, 0) is 6.54 Å². The van der Waals surface area contributed by atoms with Crippen LogP contribution in [0.4, 0.5) is 5.82 Å². The van der Waals surface area contributed by atoms with Crippen molar-refractivity contribution in [3.05, 3.63) is 29.5 Å². The number of nitrogen functional groups attached to an aromatic ring is 1. The van der Waals surface area contributed by atoms with E-state index in [4.69, 9.17) is 15.2 Å². The number of hydrogen-bond donors (Lipinski definition) is 1. The van der Waals surface area contributed by atoms with Gasteiger partial charge in [0.2, 0.25) is 0 Å². The Kier molecular flexibility index (Phi) is 4.12. The number of aromatic nitrogens is 3. The maximum Gasteiger partial charge on any atom is 0.169 e. The molecule has 0 spiro atoms. The minimum Gasteiger partial charge on any atom is -0.497 e. The van der Waals surface area contributed by atoms with Gasteiger partial charge >= 0.3 is 0 Å². The van der Waals surface area contributed by atoms with Crippen LogP contribution in [0.1, 0.15) is 31.0 Å².